The topological polar surface area (TPSA) is 29.1 Å². The van der Waals surface area contributed by atoms with Gasteiger partial charge in [-0.15, -0.1) is 0 Å². The van der Waals surface area contributed by atoms with Crippen LogP contribution in [-0.4, -0.2) is 4.21 Å². The molecule has 0 heterocycles. The van der Waals surface area contributed by atoms with Crippen LogP contribution in [0.15, 0.2) is 82.6 Å². The molecule has 3 aromatic rings. The molecule has 0 spiro atoms. The Morgan fingerprint density at radius 3 is 2.46 bits per heavy atom. The van der Waals surface area contributed by atoms with Gasteiger partial charge < -0.3 is 5.32 Å². The minimum absolute atomic E-state index is 0.146. The molecule has 0 fully saturated rings. The van der Waals surface area contributed by atoms with Gasteiger partial charge in [-0.25, -0.2) is 4.21 Å². The highest BCUT2D eigenvalue weighted by atomic mass is 35.5. The SMILES string of the molecule is CC(NCc1ccc(Cl)c(S(=O)c2ccccc2)c1)c1cccc(Cl)c1. The zero-order valence-electron chi connectivity index (χ0n) is 14.3. The molecular formula is C21H19Cl2NOS. The monoisotopic (exact) mass is 403 g/mol. The summed E-state index contributed by atoms with van der Waals surface area (Å²) in [5.74, 6) is 0. The lowest BCUT2D eigenvalue weighted by Crippen LogP contribution is -2.18. The Morgan fingerprint density at radius 1 is 0.962 bits per heavy atom. The number of rotatable bonds is 6. The third-order valence-electron chi connectivity index (χ3n) is 4.11. The summed E-state index contributed by atoms with van der Waals surface area (Å²) in [7, 11) is -1.30. The van der Waals surface area contributed by atoms with Crippen molar-refractivity contribution < 1.29 is 4.21 Å². The van der Waals surface area contributed by atoms with Crippen LogP contribution in [0.5, 0.6) is 0 Å². The van der Waals surface area contributed by atoms with Gasteiger partial charge in [0.15, 0.2) is 0 Å². The molecule has 2 unspecified atom stereocenters. The van der Waals surface area contributed by atoms with Gasteiger partial charge in [0, 0.05) is 22.5 Å². The van der Waals surface area contributed by atoms with Crippen LogP contribution in [0.1, 0.15) is 24.1 Å². The molecule has 0 aromatic heterocycles. The van der Waals surface area contributed by atoms with Crippen molar-refractivity contribution in [3.05, 3.63) is 94.0 Å². The normalized spacial score (nSPS) is 13.3. The number of nitrogens with one attached hydrogen (secondary N) is 1. The Hall–Kier alpha value is -1.65. The minimum Gasteiger partial charge on any atom is -0.306 e. The van der Waals surface area contributed by atoms with Gasteiger partial charge in [0.25, 0.3) is 0 Å². The molecule has 0 saturated carbocycles. The first-order valence-electron chi connectivity index (χ1n) is 8.28. The van der Waals surface area contributed by atoms with Crippen molar-refractivity contribution in [1.29, 1.82) is 0 Å². The predicted octanol–water partition coefficient (Wildman–Crippen LogP) is 6.01. The van der Waals surface area contributed by atoms with Crippen LogP contribution in [0, 0.1) is 0 Å². The number of hydrogen-bond acceptors (Lipinski definition) is 2. The summed E-state index contributed by atoms with van der Waals surface area (Å²) in [6.07, 6.45) is 0. The number of hydrogen-bond donors (Lipinski definition) is 1. The van der Waals surface area contributed by atoms with Gasteiger partial charge in [-0.3, -0.25) is 0 Å². The fourth-order valence-electron chi connectivity index (χ4n) is 2.64. The van der Waals surface area contributed by atoms with Crippen LogP contribution < -0.4 is 5.32 Å². The molecule has 2 nitrogen and oxygen atoms in total. The van der Waals surface area contributed by atoms with E-state index in [0.29, 0.717) is 16.5 Å². The molecular weight excluding hydrogens is 385 g/mol. The summed E-state index contributed by atoms with van der Waals surface area (Å²) < 4.78 is 12.8. The van der Waals surface area contributed by atoms with E-state index in [1.165, 1.54) is 0 Å². The predicted molar refractivity (Wildman–Crippen MR) is 109 cm³/mol. The van der Waals surface area contributed by atoms with Gasteiger partial charge in [0.2, 0.25) is 0 Å². The van der Waals surface area contributed by atoms with Gasteiger partial charge in [-0.05, 0) is 54.4 Å². The van der Waals surface area contributed by atoms with Crippen LogP contribution in [0.2, 0.25) is 10.0 Å². The maximum atomic E-state index is 12.8. The van der Waals surface area contributed by atoms with Crippen LogP contribution in [0.25, 0.3) is 0 Å². The summed E-state index contributed by atoms with van der Waals surface area (Å²) in [4.78, 5) is 1.37. The van der Waals surface area contributed by atoms with Crippen molar-refractivity contribution in [3.63, 3.8) is 0 Å². The average Bonchev–Trinajstić information content (AvgIpc) is 2.67. The zero-order chi connectivity index (χ0) is 18.5. The summed E-state index contributed by atoms with van der Waals surface area (Å²) in [5, 5.41) is 4.71. The average molecular weight is 404 g/mol. The van der Waals surface area contributed by atoms with Crippen molar-refractivity contribution in [2.75, 3.05) is 0 Å². The molecule has 3 aromatic carbocycles. The molecule has 0 saturated heterocycles. The lowest BCUT2D eigenvalue weighted by atomic mass is 10.1. The Kier molecular flexibility index (Phi) is 6.49. The van der Waals surface area contributed by atoms with E-state index in [9.17, 15) is 4.21 Å². The maximum Gasteiger partial charge on any atom is 0.0864 e. The van der Waals surface area contributed by atoms with Gasteiger partial charge in [-0.2, -0.15) is 0 Å². The smallest absolute Gasteiger partial charge is 0.0864 e. The molecule has 2 atom stereocenters. The summed E-state index contributed by atoms with van der Waals surface area (Å²) >= 11 is 12.3. The van der Waals surface area contributed by atoms with E-state index in [4.69, 9.17) is 23.2 Å². The molecule has 134 valence electrons. The summed E-state index contributed by atoms with van der Waals surface area (Å²) in [6.45, 7) is 2.73. The molecule has 0 amide bonds. The summed E-state index contributed by atoms with van der Waals surface area (Å²) in [5.41, 5.74) is 2.15. The second-order valence-corrected chi connectivity index (χ2v) is 8.30. The van der Waals surface area contributed by atoms with Crippen LogP contribution >= 0.6 is 23.2 Å². The van der Waals surface area contributed by atoms with E-state index in [2.05, 4.69) is 12.2 Å². The molecule has 0 aliphatic carbocycles. The van der Waals surface area contributed by atoms with Crippen LogP contribution in [-0.2, 0) is 17.3 Å². The molecule has 0 aliphatic heterocycles. The Labute approximate surface area is 166 Å². The van der Waals surface area contributed by atoms with Gasteiger partial charge in [0.1, 0.15) is 0 Å². The van der Waals surface area contributed by atoms with E-state index < -0.39 is 10.8 Å². The van der Waals surface area contributed by atoms with E-state index in [1.807, 2.05) is 66.7 Å². The van der Waals surface area contributed by atoms with Crippen molar-refractivity contribution in [2.45, 2.75) is 29.3 Å². The molecule has 1 N–H and O–H groups in total. The first-order valence-corrected chi connectivity index (χ1v) is 10.2. The Bertz CT molecular complexity index is 915. The highest BCUT2D eigenvalue weighted by Gasteiger charge is 2.12. The highest BCUT2D eigenvalue weighted by Crippen LogP contribution is 2.26. The second-order valence-electron chi connectivity index (χ2n) is 6.00. The third kappa shape index (κ3) is 4.74. The molecule has 0 aliphatic rings. The first kappa shape index (κ1) is 19.1. The second kappa shape index (κ2) is 8.83. The van der Waals surface area contributed by atoms with Gasteiger partial charge in [0.05, 0.1) is 20.7 Å². The fourth-order valence-corrected chi connectivity index (χ4v) is 4.32. The molecule has 0 radical (unpaired) electrons. The lowest BCUT2D eigenvalue weighted by Gasteiger charge is -2.15. The van der Waals surface area contributed by atoms with E-state index in [-0.39, 0.29) is 6.04 Å². The molecule has 5 heteroatoms. The van der Waals surface area contributed by atoms with Crippen LogP contribution in [0.4, 0.5) is 0 Å². The van der Waals surface area contributed by atoms with E-state index in [1.54, 1.807) is 6.07 Å². The van der Waals surface area contributed by atoms with E-state index >= 15 is 0 Å². The number of halogens is 2. The summed E-state index contributed by atoms with van der Waals surface area (Å²) in [6, 6.07) is 23.0. The molecule has 3 rings (SSSR count). The molecule has 26 heavy (non-hydrogen) atoms. The first-order chi connectivity index (χ1) is 12.5. The fraction of sp³-hybridized carbons (Fsp3) is 0.143. The van der Waals surface area contributed by atoms with Crippen molar-refractivity contribution in [1.82, 2.24) is 5.32 Å². The standard InChI is InChI=1S/C21H19Cl2NOS/c1-15(17-6-5-7-18(22)13-17)24-14-16-10-11-20(23)21(12-16)26(25)19-8-3-2-4-9-19/h2-13,15,24H,14H2,1H3. The largest absolute Gasteiger partial charge is 0.306 e. The van der Waals surface area contributed by atoms with Crippen LogP contribution in [0.3, 0.4) is 0 Å². The van der Waals surface area contributed by atoms with Crippen molar-refractivity contribution >= 4 is 34.0 Å². The quantitative estimate of drug-likeness (QED) is 0.545. The van der Waals surface area contributed by atoms with Crippen molar-refractivity contribution in [2.24, 2.45) is 0 Å². The Balaban J connectivity index is 1.74. The Morgan fingerprint density at radius 2 is 1.73 bits per heavy atom. The van der Waals surface area contributed by atoms with Gasteiger partial charge in [-0.1, -0.05) is 59.6 Å². The highest BCUT2D eigenvalue weighted by molar-refractivity contribution is 7.85. The maximum absolute atomic E-state index is 12.8. The third-order valence-corrected chi connectivity index (χ3v) is 6.23. The minimum atomic E-state index is -1.30. The lowest BCUT2D eigenvalue weighted by molar-refractivity contribution is 0.574. The molecule has 0 bridgehead atoms. The number of benzene rings is 3. The van der Waals surface area contributed by atoms with Gasteiger partial charge >= 0.3 is 0 Å². The van der Waals surface area contributed by atoms with Crippen molar-refractivity contribution in [3.8, 4) is 0 Å². The van der Waals surface area contributed by atoms with E-state index in [0.717, 1.165) is 21.0 Å². The zero-order valence-corrected chi connectivity index (χ0v) is 16.6.